The number of methoxy groups -OCH3 is 1. The van der Waals surface area contributed by atoms with Gasteiger partial charge in [0, 0.05) is 34.3 Å². The van der Waals surface area contributed by atoms with Crippen molar-refractivity contribution in [2.24, 2.45) is 5.41 Å². The molecule has 0 radical (unpaired) electrons. The molecule has 6 heteroatoms. The number of carbonyl (C=O) groups excluding carboxylic acids is 2. The molecule has 0 aliphatic carbocycles. The summed E-state index contributed by atoms with van der Waals surface area (Å²) in [5.74, 6) is -0.224. The van der Waals surface area contributed by atoms with Crippen molar-refractivity contribution in [3.8, 4) is 11.1 Å². The van der Waals surface area contributed by atoms with Crippen molar-refractivity contribution in [1.29, 1.82) is 0 Å². The zero-order valence-electron chi connectivity index (χ0n) is 18.6. The molecule has 31 heavy (non-hydrogen) atoms. The maximum Gasteiger partial charge on any atom is 0.230 e. The van der Waals surface area contributed by atoms with Crippen molar-refractivity contribution in [2.45, 2.75) is 25.7 Å². The highest BCUT2D eigenvalue weighted by atomic mass is 19.1. The third kappa shape index (κ3) is 5.50. The minimum atomic E-state index is -0.676. The van der Waals surface area contributed by atoms with Gasteiger partial charge in [0.15, 0.2) is 0 Å². The minimum absolute atomic E-state index is 0.0194. The summed E-state index contributed by atoms with van der Waals surface area (Å²) < 4.78 is 18.7. The molecule has 2 amide bonds. The third-order valence-electron chi connectivity index (χ3n) is 5.94. The molecule has 0 N–H and O–H groups in total. The number of hydrogen-bond acceptors (Lipinski definition) is 3. The molecular weight excluding hydrogens is 395 g/mol. The number of rotatable bonds is 7. The fourth-order valence-electron chi connectivity index (χ4n) is 4.48. The van der Waals surface area contributed by atoms with Gasteiger partial charge >= 0.3 is 0 Å². The Balaban J connectivity index is 1.89. The van der Waals surface area contributed by atoms with E-state index in [0.717, 1.165) is 29.5 Å². The van der Waals surface area contributed by atoms with E-state index in [4.69, 9.17) is 4.74 Å². The lowest BCUT2D eigenvalue weighted by atomic mass is 9.73. The van der Waals surface area contributed by atoms with E-state index in [1.807, 2.05) is 30.3 Å². The zero-order valence-corrected chi connectivity index (χ0v) is 18.6. The lowest BCUT2D eigenvalue weighted by molar-refractivity contribution is -0.147. The van der Waals surface area contributed by atoms with Gasteiger partial charge in [0.25, 0.3) is 0 Å². The number of ether oxygens (including phenoxy) is 1. The molecule has 2 aromatic carbocycles. The summed E-state index contributed by atoms with van der Waals surface area (Å²) in [5.41, 5.74) is 2.04. The number of amides is 2. The maximum atomic E-state index is 13.7. The zero-order chi connectivity index (χ0) is 22.4. The van der Waals surface area contributed by atoms with Crippen molar-refractivity contribution in [2.75, 3.05) is 40.9 Å². The molecule has 1 atom stereocenters. The number of benzene rings is 2. The molecule has 1 aliphatic rings. The Bertz CT molecular complexity index is 930. The molecule has 5 nitrogen and oxygen atoms in total. The Morgan fingerprint density at radius 3 is 2.52 bits per heavy atom. The van der Waals surface area contributed by atoms with Gasteiger partial charge in [0.2, 0.25) is 11.8 Å². The summed E-state index contributed by atoms with van der Waals surface area (Å²) in [6, 6.07) is 14.4. The smallest absolute Gasteiger partial charge is 0.230 e. The van der Waals surface area contributed by atoms with Crippen LogP contribution in [0, 0.1) is 11.2 Å². The molecule has 1 heterocycles. The predicted octanol–water partition coefficient (Wildman–Crippen LogP) is 3.77. The highest BCUT2D eigenvalue weighted by Gasteiger charge is 2.44. The molecule has 166 valence electrons. The van der Waals surface area contributed by atoms with Crippen LogP contribution in [0.5, 0.6) is 0 Å². The van der Waals surface area contributed by atoms with Crippen LogP contribution < -0.4 is 0 Å². The van der Waals surface area contributed by atoms with Gasteiger partial charge in [0.05, 0.1) is 18.4 Å². The van der Waals surface area contributed by atoms with Crippen LogP contribution in [0.2, 0.25) is 0 Å². The summed E-state index contributed by atoms with van der Waals surface area (Å²) in [6.45, 7) is 1.44. The normalized spacial score (nSPS) is 18.6. The van der Waals surface area contributed by atoms with E-state index in [-0.39, 0.29) is 17.6 Å². The average Bonchev–Trinajstić information content (AvgIpc) is 2.77. The van der Waals surface area contributed by atoms with Crippen LogP contribution in [0.3, 0.4) is 0 Å². The van der Waals surface area contributed by atoms with Crippen molar-refractivity contribution in [1.82, 2.24) is 9.80 Å². The summed E-state index contributed by atoms with van der Waals surface area (Å²) in [4.78, 5) is 29.4. The summed E-state index contributed by atoms with van der Waals surface area (Å²) in [6.07, 6.45) is 2.35. The van der Waals surface area contributed by atoms with E-state index in [9.17, 15) is 14.0 Å². The highest BCUT2D eigenvalue weighted by Crippen LogP contribution is 2.36. The molecule has 0 unspecified atom stereocenters. The van der Waals surface area contributed by atoms with E-state index < -0.39 is 5.41 Å². The fourth-order valence-corrected chi connectivity index (χ4v) is 4.48. The van der Waals surface area contributed by atoms with Crippen LogP contribution >= 0.6 is 0 Å². The molecule has 3 rings (SSSR count). The van der Waals surface area contributed by atoms with Crippen LogP contribution in [0.1, 0.15) is 24.8 Å². The molecular formula is C25H31FN2O3. The molecule has 1 aliphatic heterocycles. The Kier molecular flexibility index (Phi) is 7.44. The third-order valence-corrected chi connectivity index (χ3v) is 5.94. The van der Waals surface area contributed by atoms with Gasteiger partial charge in [-0.3, -0.25) is 9.59 Å². The van der Waals surface area contributed by atoms with Gasteiger partial charge in [0.1, 0.15) is 5.82 Å². The lowest BCUT2D eigenvalue weighted by Gasteiger charge is -2.43. The second-order valence-electron chi connectivity index (χ2n) is 8.53. The van der Waals surface area contributed by atoms with Gasteiger partial charge < -0.3 is 14.5 Å². The van der Waals surface area contributed by atoms with Crippen molar-refractivity contribution in [3.63, 3.8) is 0 Å². The molecule has 0 bridgehead atoms. The Hall–Kier alpha value is -2.73. The van der Waals surface area contributed by atoms with E-state index in [1.54, 1.807) is 37.1 Å². The van der Waals surface area contributed by atoms with Crippen LogP contribution in [-0.2, 0) is 20.7 Å². The van der Waals surface area contributed by atoms with Crippen molar-refractivity contribution in [3.05, 3.63) is 59.9 Å². The Morgan fingerprint density at radius 2 is 1.84 bits per heavy atom. The van der Waals surface area contributed by atoms with Crippen LogP contribution in [-0.4, -0.2) is 62.5 Å². The first-order valence-electron chi connectivity index (χ1n) is 10.7. The molecule has 2 aromatic rings. The minimum Gasteiger partial charge on any atom is -0.384 e. The number of piperidine rings is 1. The Morgan fingerprint density at radius 1 is 1.13 bits per heavy atom. The van der Waals surface area contributed by atoms with Crippen LogP contribution in [0.4, 0.5) is 4.39 Å². The van der Waals surface area contributed by atoms with Crippen molar-refractivity contribution >= 4 is 11.8 Å². The average molecular weight is 427 g/mol. The maximum absolute atomic E-state index is 13.7. The first kappa shape index (κ1) is 22.9. The number of halogens is 1. The van der Waals surface area contributed by atoms with Gasteiger partial charge in [-0.25, -0.2) is 4.39 Å². The predicted molar refractivity (Wildman–Crippen MR) is 119 cm³/mol. The summed E-state index contributed by atoms with van der Waals surface area (Å²) in [5, 5.41) is 0. The number of carbonyl (C=O) groups is 2. The topological polar surface area (TPSA) is 49.9 Å². The first-order chi connectivity index (χ1) is 14.8. The van der Waals surface area contributed by atoms with Gasteiger partial charge in [-0.15, -0.1) is 0 Å². The second kappa shape index (κ2) is 10.1. The van der Waals surface area contributed by atoms with E-state index in [1.165, 1.54) is 12.1 Å². The van der Waals surface area contributed by atoms with Gasteiger partial charge in [-0.2, -0.15) is 0 Å². The summed E-state index contributed by atoms with van der Waals surface area (Å²) >= 11 is 0. The lowest BCUT2D eigenvalue weighted by Crippen LogP contribution is -2.54. The molecule has 1 fully saturated rings. The SMILES string of the molecule is COCCC(=O)N1CCC[C@@](Cc2cccc(-c3cccc(F)c3)c2)(C(=O)N(C)C)C1. The van der Waals surface area contributed by atoms with Crippen molar-refractivity contribution < 1.29 is 18.7 Å². The summed E-state index contributed by atoms with van der Waals surface area (Å²) in [7, 11) is 5.10. The van der Waals surface area contributed by atoms with E-state index in [0.29, 0.717) is 32.5 Å². The quantitative estimate of drug-likeness (QED) is 0.677. The van der Waals surface area contributed by atoms with Crippen LogP contribution in [0.15, 0.2) is 48.5 Å². The van der Waals surface area contributed by atoms with Gasteiger partial charge in [-0.05, 0) is 48.1 Å². The fraction of sp³-hybridized carbons (Fsp3) is 0.440. The highest BCUT2D eigenvalue weighted by molar-refractivity contribution is 5.85. The number of hydrogen-bond donors (Lipinski definition) is 0. The van der Waals surface area contributed by atoms with E-state index in [2.05, 4.69) is 0 Å². The van der Waals surface area contributed by atoms with Crippen LogP contribution in [0.25, 0.3) is 11.1 Å². The monoisotopic (exact) mass is 426 g/mol. The first-order valence-corrected chi connectivity index (χ1v) is 10.7. The molecule has 0 aromatic heterocycles. The molecule has 1 saturated heterocycles. The number of likely N-dealkylation sites (tertiary alicyclic amines) is 1. The standard InChI is InChI=1S/C25H31FN2O3/c1-27(2)24(30)25(12-6-13-28(18-25)23(29)11-14-31-3)17-19-7-4-8-20(15-19)21-9-5-10-22(26)16-21/h4-5,7-10,15-16H,6,11-14,17-18H2,1-3H3/t25-/m0/s1. The largest absolute Gasteiger partial charge is 0.384 e. The number of nitrogens with zero attached hydrogens (tertiary/aromatic N) is 2. The Labute approximate surface area is 183 Å². The van der Waals surface area contributed by atoms with E-state index >= 15 is 0 Å². The molecule has 0 saturated carbocycles. The second-order valence-corrected chi connectivity index (χ2v) is 8.53. The van der Waals surface area contributed by atoms with Gasteiger partial charge in [-0.1, -0.05) is 36.4 Å². The molecule has 0 spiro atoms.